The highest BCUT2D eigenvalue weighted by atomic mass is 32.2. The highest BCUT2D eigenvalue weighted by Crippen LogP contribution is 2.33. The van der Waals surface area contributed by atoms with Gasteiger partial charge in [0.15, 0.2) is 16.7 Å². The third kappa shape index (κ3) is 3.75. The lowest BCUT2D eigenvalue weighted by Gasteiger charge is -2.21. The van der Waals surface area contributed by atoms with Crippen molar-refractivity contribution < 1.29 is 17.2 Å². The van der Waals surface area contributed by atoms with Crippen LogP contribution in [0.4, 0.5) is 14.5 Å². The molecule has 2 heterocycles. The molecule has 0 saturated carbocycles. The number of aromatic nitrogens is 2. The lowest BCUT2D eigenvalue weighted by atomic mass is 9.94. The number of rotatable bonds is 5. The second-order valence-electron chi connectivity index (χ2n) is 7.07. The van der Waals surface area contributed by atoms with Gasteiger partial charge in [0.05, 0.1) is 12.0 Å². The average molecular weight is 418 g/mol. The fraction of sp³-hybridized carbons (Fsp3) is 0.250. The molecule has 152 valence electrons. The topological polar surface area (TPSA) is 67.2 Å². The zero-order valence-electron chi connectivity index (χ0n) is 15.7. The Morgan fingerprint density at radius 2 is 1.83 bits per heavy atom. The molecule has 29 heavy (non-hydrogen) atoms. The van der Waals surface area contributed by atoms with Gasteiger partial charge in [0.2, 0.25) is 0 Å². The van der Waals surface area contributed by atoms with E-state index in [1.165, 1.54) is 29.0 Å². The minimum absolute atomic E-state index is 0.00742. The van der Waals surface area contributed by atoms with Crippen LogP contribution in [0.15, 0.2) is 66.1 Å². The lowest BCUT2D eigenvalue weighted by Crippen LogP contribution is -2.32. The van der Waals surface area contributed by atoms with Gasteiger partial charge >= 0.3 is 0 Å². The summed E-state index contributed by atoms with van der Waals surface area (Å²) in [6.07, 6.45) is 2.87. The molecule has 0 radical (unpaired) electrons. The molecule has 1 aliphatic heterocycles. The van der Waals surface area contributed by atoms with Crippen molar-refractivity contribution in [3.05, 3.63) is 78.3 Å². The number of aryl methyl sites for hydroxylation is 1. The van der Waals surface area contributed by atoms with Gasteiger partial charge in [0.1, 0.15) is 0 Å². The molecule has 0 spiro atoms. The van der Waals surface area contributed by atoms with Crippen LogP contribution >= 0.6 is 0 Å². The average Bonchev–Trinajstić information content (AvgIpc) is 3.33. The summed E-state index contributed by atoms with van der Waals surface area (Å²) in [6.45, 7) is 0.311. The van der Waals surface area contributed by atoms with Crippen molar-refractivity contribution in [3.8, 4) is 0 Å². The molecule has 4 rings (SSSR count). The molecule has 2 atom stereocenters. The predicted molar refractivity (Wildman–Crippen MR) is 105 cm³/mol. The van der Waals surface area contributed by atoms with E-state index < -0.39 is 27.7 Å². The Morgan fingerprint density at radius 3 is 2.52 bits per heavy atom. The van der Waals surface area contributed by atoms with Crippen molar-refractivity contribution in [1.29, 1.82) is 0 Å². The first kappa shape index (κ1) is 19.5. The molecule has 1 fully saturated rings. The summed E-state index contributed by atoms with van der Waals surface area (Å²) in [5, 5.41) is 2.97. The van der Waals surface area contributed by atoms with Gasteiger partial charge in [-0.15, -0.1) is 0 Å². The molecule has 1 aliphatic rings. The zero-order chi connectivity index (χ0) is 20.6. The molecule has 2 aromatic carbocycles. The summed E-state index contributed by atoms with van der Waals surface area (Å²) in [6, 6.07) is 12.9. The first-order valence-electron chi connectivity index (χ1n) is 9.10. The Labute approximate surface area is 167 Å². The molecule has 0 amide bonds. The Bertz CT molecular complexity index is 1120. The fourth-order valence-corrected chi connectivity index (χ4v) is 5.08. The molecule has 0 bridgehead atoms. The molecule has 1 saturated heterocycles. The molecular formula is C20H20F2N4O2S. The van der Waals surface area contributed by atoms with Gasteiger partial charge in [-0.1, -0.05) is 36.4 Å². The number of hydrogen-bond acceptors (Lipinski definition) is 4. The van der Waals surface area contributed by atoms with Gasteiger partial charge < -0.3 is 9.88 Å². The first-order valence-corrected chi connectivity index (χ1v) is 10.5. The number of benzene rings is 2. The van der Waals surface area contributed by atoms with Crippen molar-refractivity contribution in [2.24, 2.45) is 7.05 Å². The van der Waals surface area contributed by atoms with Crippen LogP contribution in [0.25, 0.3) is 0 Å². The second kappa shape index (κ2) is 7.57. The smallest absolute Gasteiger partial charge is 0.262 e. The van der Waals surface area contributed by atoms with Crippen LogP contribution in [0.1, 0.15) is 11.5 Å². The fourth-order valence-electron chi connectivity index (χ4n) is 3.62. The van der Waals surface area contributed by atoms with E-state index in [1.807, 2.05) is 30.3 Å². The minimum atomic E-state index is -3.81. The molecular weight excluding hydrogens is 398 g/mol. The largest absolute Gasteiger partial charge is 0.378 e. The van der Waals surface area contributed by atoms with Crippen molar-refractivity contribution >= 4 is 15.7 Å². The Balaban J connectivity index is 1.67. The minimum Gasteiger partial charge on any atom is -0.378 e. The first-order chi connectivity index (χ1) is 13.9. The van der Waals surface area contributed by atoms with Crippen molar-refractivity contribution in [2.45, 2.75) is 17.0 Å². The summed E-state index contributed by atoms with van der Waals surface area (Å²) in [5.74, 6) is -2.18. The van der Waals surface area contributed by atoms with Crippen LogP contribution in [0, 0.1) is 11.6 Å². The van der Waals surface area contributed by atoms with Gasteiger partial charge in [0, 0.05) is 38.3 Å². The quantitative estimate of drug-likeness (QED) is 0.692. The number of nitrogens with one attached hydrogen (secondary N) is 1. The summed E-state index contributed by atoms with van der Waals surface area (Å²) in [4.78, 5) is 3.97. The summed E-state index contributed by atoms with van der Waals surface area (Å²) < 4.78 is 56.8. The number of imidazole rings is 1. The molecule has 9 heteroatoms. The predicted octanol–water partition coefficient (Wildman–Crippen LogP) is 2.97. The lowest BCUT2D eigenvalue weighted by molar-refractivity contribution is 0.468. The third-order valence-corrected chi connectivity index (χ3v) is 6.81. The van der Waals surface area contributed by atoms with E-state index in [1.54, 1.807) is 11.6 Å². The van der Waals surface area contributed by atoms with Gasteiger partial charge in [-0.05, 0) is 17.7 Å². The van der Waals surface area contributed by atoms with E-state index in [9.17, 15) is 17.2 Å². The number of nitrogens with zero attached hydrogens (tertiary/aromatic N) is 3. The van der Waals surface area contributed by atoms with E-state index in [0.717, 1.165) is 11.6 Å². The summed E-state index contributed by atoms with van der Waals surface area (Å²) >= 11 is 0. The Morgan fingerprint density at radius 1 is 1.07 bits per heavy atom. The van der Waals surface area contributed by atoms with Crippen LogP contribution in [0.5, 0.6) is 0 Å². The van der Waals surface area contributed by atoms with E-state index >= 15 is 0 Å². The standard InChI is InChI=1S/C20H20F2N4O2S/c1-25-12-19(23-13-25)29(27,28)26-10-15(14-6-3-2-4-7-14)18(11-26)24-17-9-5-8-16(21)20(17)22/h2-9,12-13,15,18,24H,10-11H2,1H3/t15-,18+/m0/s1. The molecule has 1 N–H and O–H groups in total. The maximum Gasteiger partial charge on any atom is 0.262 e. The zero-order valence-corrected chi connectivity index (χ0v) is 16.5. The van der Waals surface area contributed by atoms with Crippen molar-refractivity contribution in [2.75, 3.05) is 18.4 Å². The van der Waals surface area contributed by atoms with E-state index in [-0.39, 0.29) is 29.7 Å². The molecule has 0 unspecified atom stereocenters. The van der Waals surface area contributed by atoms with E-state index in [2.05, 4.69) is 10.3 Å². The number of hydrogen-bond donors (Lipinski definition) is 1. The van der Waals surface area contributed by atoms with Crippen molar-refractivity contribution in [1.82, 2.24) is 13.9 Å². The number of sulfonamides is 1. The highest BCUT2D eigenvalue weighted by molar-refractivity contribution is 7.89. The normalized spacial score (nSPS) is 20.1. The SMILES string of the molecule is Cn1cnc(S(=O)(=O)N2C[C@@H](Nc3cccc(F)c3F)[C@H](c3ccccc3)C2)c1. The van der Waals surface area contributed by atoms with Crippen LogP contribution in [0.3, 0.4) is 0 Å². The molecule has 3 aromatic rings. The number of halogens is 2. The Hall–Kier alpha value is -2.78. The summed E-state index contributed by atoms with van der Waals surface area (Å²) in [7, 11) is -2.11. The van der Waals surface area contributed by atoms with E-state index in [4.69, 9.17) is 0 Å². The van der Waals surface area contributed by atoms with Crippen LogP contribution in [-0.2, 0) is 17.1 Å². The monoisotopic (exact) mass is 418 g/mol. The second-order valence-corrected chi connectivity index (χ2v) is 8.95. The van der Waals surface area contributed by atoms with E-state index in [0.29, 0.717) is 0 Å². The van der Waals surface area contributed by atoms with Crippen LogP contribution < -0.4 is 5.32 Å². The van der Waals surface area contributed by atoms with Gasteiger partial charge in [0.25, 0.3) is 10.0 Å². The van der Waals surface area contributed by atoms with Crippen molar-refractivity contribution in [3.63, 3.8) is 0 Å². The highest BCUT2D eigenvalue weighted by Gasteiger charge is 2.41. The Kier molecular flexibility index (Phi) is 5.10. The third-order valence-electron chi connectivity index (χ3n) is 5.09. The van der Waals surface area contributed by atoms with Gasteiger partial charge in [-0.25, -0.2) is 22.2 Å². The van der Waals surface area contributed by atoms with Gasteiger partial charge in [-0.3, -0.25) is 0 Å². The molecule has 1 aromatic heterocycles. The van der Waals surface area contributed by atoms with Crippen LogP contribution in [0.2, 0.25) is 0 Å². The number of anilines is 1. The maximum atomic E-state index is 14.2. The molecule has 0 aliphatic carbocycles. The summed E-state index contributed by atoms with van der Waals surface area (Å²) in [5.41, 5.74) is 0.925. The van der Waals surface area contributed by atoms with Gasteiger partial charge in [-0.2, -0.15) is 4.31 Å². The maximum absolute atomic E-state index is 14.2. The molecule has 6 nitrogen and oxygen atoms in total. The van der Waals surface area contributed by atoms with Crippen LogP contribution in [-0.4, -0.2) is 41.4 Å².